The minimum atomic E-state index is -0.638. The van der Waals surface area contributed by atoms with Crippen molar-refractivity contribution in [1.82, 2.24) is 29.7 Å². The first kappa shape index (κ1) is 21.6. The third-order valence-corrected chi connectivity index (χ3v) is 6.02. The van der Waals surface area contributed by atoms with Gasteiger partial charge in [0.25, 0.3) is 5.91 Å². The largest absolute Gasteiger partial charge is 0.364 e. The van der Waals surface area contributed by atoms with Gasteiger partial charge >= 0.3 is 0 Å². The number of aryl methyl sites for hydroxylation is 2. The van der Waals surface area contributed by atoms with Crippen molar-refractivity contribution < 1.29 is 4.79 Å². The van der Waals surface area contributed by atoms with Gasteiger partial charge in [-0.15, -0.1) is 0 Å². The van der Waals surface area contributed by atoms with Crippen LogP contribution in [0.4, 0.5) is 17.3 Å². The highest BCUT2D eigenvalue weighted by atomic mass is 16.1. The first-order chi connectivity index (χ1) is 16.5. The molecule has 1 amide bonds. The molecule has 1 fully saturated rings. The first-order valence-electron chi connectivity index (χ1n) is 11.3. The van der Waals surface area contributed by atoms with E-state index in [0.29, 0.717) is 17.3 Å². The molecule has 1 aliphatic rings. The summed E-state index contributed by atoms with van der Waals surface area (Å²) in [5.41, 5.74) is 9.69. The number of H-pyrrole nitrogens is 1. The number of piperidine rings is 1. The zero-order valence-electron chi connectivity index (χ0n) is 19.2. The number of carbonyl (C=O) groups excluding carboxylic acids is 1. The molecule has 4 heterocycles. The Morgan fingerprint density at radius 2 is 2.12 bits per heavy atom. The fraction of sp³-hybridized carbons (Fsp3) is 0.292. The zero-order valence-corrected chi connectivity index (χ0v) is 19.2. The molecule has 10 heteroatoms. The highest BCUT2D eigenvalue weighted by Crippen LogP contribution is 2.30. The van der Waals surface area contributed by atoms with Crippen molar-refractivity contribution in [3.8, 4) is 11.3 Å². The molecular weight excluding hydrogens is 430 g/mol. The van der Waals surface area contributed by atoms with Gasteiger partial charge in [0.2, 0.25) is 0 Å². The molecule has 4 aromatic rings. The molecule has 1 aromatic carbocycles. The van der Waals surface area contributed by atoms with Crippen molar-refractivity contribution in [2.75, 3.05) is 23.3 Å². The predicted molar refractivity (Wildman–Crippen MR) is 130 cm³/mol. The van der Waals surface area contributed by atoms with Crippen LogP contribution < -0.4 is 16.0 Å². The maximum absolute atomic E-state index is 11.9. The highest BCUT2D eigenvalue weighted by Gasteiger charge is 2.26. The van der Waals surface area contributed by atoms with Gasteiger partial charge in [0.05, 0.1) is 30.0 Å². The van der Waals surface area contributed by atoms with Gasteiger partial charge in [-0.25, -0.2) is 15.0 Å². The summed E-state index contributed by atoms with van der Waals surface area (Å²) in [5, 5.41) is 7.26. The number of aromatic amines is 1. The van der Waals surface area contributed by atoms with Crippen LogP contribution in [-0.4, -0.2) is 48.7 Å². The average molecular weight is 458 g/mol. The Morgan fingerprint density at radius 1 is 1.24 bits per heavy atom. The van der Waals surface area contributed by atoms with E-state index in [4.69, 9.17) is 10.7 Å². The summed E-state index contributed by atoms with van der Waals surface area (Å²) < 4.78 is 1.66. The summed E-state index contributed by atoms with van der Waals surface area (Å²) in [6, 6.07) is 8.38. The fourth-order valence-electron chi connectivity index (χ4n) is 4.33. The normalized spacial score (nSPS) is 15.9. The minimum Gasteiger partial charge on any atom is -0.364 e. The second-order valence-corrected chi connectivity index (χ2v) is 8.65. The molecule has 0 saturated carbocycles. The Kier molecular flexibility index (Phi) is 5.70. The van der Waals surface area contributed by atoms with Crippen LogP contribution in [0.5, 0.6) is 0 Å². The van der Waals surface area contributed by atoms with E-state index in [1.165, 1.54) is 5.56 Å². The molecule has 34 heavy (non-hydrogen) atoms. The molecule has 1 aliphatic heterocycles. The van der Waals surface area contributed by atoms with Crippen LogP contribution in [0.1, 0.15) is 40.6 Å². The second-order valence-electron chi connectivity index (χ2n) is 8.65. The van der Waals surface area contributed by atoms with Gasteiger partial charge in [-0.3, -0.25) is 9.48 Å². The molecule has 1 saturated heterocycles. The van der Waals surface area contributed by atoms with Crippen molar-refractivity contribution in [1.29, 1.82) is 0 Å². The SMILES string of the molecule is Cc1cccc(-c2cnc(C3CCCN(c4cnc(C(N)=O)c(Nc5cnn(C)c5)n4)C3)[nH]2)c1. The van der Waals surface area contributed by atoms with Crippen molar-refractivity contribution in [3.05, 3.63) is 66.1 Å². The standard InChI is InChI=1S/C24H27N9O/c1-15-5-3-6-16(9-15)19-11-27-23(30-19)17-7-4-8-33(13-17)20-12-26-21(22(25)34)24(31-20)29-18-10-28-32(2)14-18/h3,5-6,9-12,14,17H,4,7-8,13H2,1-2H3,(H2,25,34)(H,27,30)(H,29,31). The van der Waals surface area contributed by atoms with E-state index in [1.54, 1.807) is 23.3 Å². The number of anilines is 3. The van der Waals surface area contributed by atoms with Gasteiger partial charge in [-0.05, 0) is 31.4 Å². The topological polar surface area (TPSA) is 131 Å². The number of rotatable bonds is 6. The van der Waals surface area contributed by atoms with Crippen LogP contribution in [0.25, 0.3) is 11.3 Å². The summed E-state index contributed by atoms with van der Waals surface area (Å²) in [4.78, 5) is 31.3. The monoisotopic (exact) mass is 457 g/mol. The zero-order chi connectivity index (χ0) is 23.7. The minimum absolute atomic E-state index is 0.0926. The Balaban J connectivity index is 1.37. The first-order valence-corrected chi connectivity index (χ1v) is 11.3. The van der Waals surface area contributed by atoms with Crippen LogP contribution >= 0.6 is 0 Å². The number of aromatic nitrogens is 6. The quantitative estimate of drug-likeness (QED) is 0.405. The third kappa shape index (κ3) is 4.47. The van der Waals surface area contributed by atoms with Crippen LogP contribution in [0.15, 0.2) is 49.1 Å². The molecule has 4 N–H and O–H groups in total. The molecule has 174 valence electrons. The van der Waals surface area contributed by atoms with E-state index >= 15 is 0 Å². The summed E-state index contributed by atoms with van der Waals surface area (Å²) in [6.07, 6.45) is 8.98. The summed E-state index contributed by atoms with van der Waals surface area (Å²) >= 11 is 0. The molecule has 3 aromatic heterocycles. The molecule has 0 spiro atoms. The van der Waals surface area contributed by atoms with Crippen LogP contribution in [-0.2, 0) is 7.05 Å². The lowest BCUT2D eigenvalue weighted by atomic mass is 9.97. The molecule has 0 radical (unpaired) electrons. The number of nitrogens with zero attached hydrogens (tertiary/aromatic N) is 6. The second kappa shape index (κ2) is 8.97. The lowest BCUT2D eigenvalue weighted by Gasteiger charge is -2.32. The van der Waals surface area contributed by atoms with Gasteiger partial charge in [0.1, 0.15) is 11.6 Å². The summed E-state index contributed by atoms with van der Waals surface area (Å²) in [5.74, 6) is 1.57. The van der Waals surface area contributed by atoms with Crippen molar-refractivity contribution >= 4 is 23.2 Å². The lowest BCUT2D eigenvalue weighted by molar-refractivity contribution is 0.0996. The maximum Gasteiger partial charge on any atom is 0.271 e. The molecule has 5 rings (SSSR count). The number of carbonyl (C=O) groups is 1. The Morgan fingerprint density at radius 3 is 2.88 bits per heavy atom. The van der Waals surface area contributed by atoms with Crippen LogP contribution in [0.2, 0.25) is 0 Å². The van der Waals surface area contributed by atoms with Gasteiger partial charge in [-0.2, -0.15) is 5.10 Å². The van der Waals surface area contributed by atoms with Gasteiger partial charge in [0.15, 0.2) is 11.5 Å². The fourth-order valence-corrected chi connectivity index (χ4v) is 4.33. The molecule has 0 bridgehead atoms. The number of hydrogen-bond acceptors (Lipinski definition) is 7. The van der Waals surface area contributed by atoms with E-state index in [1.807, 2.05) is 13.2 Å². The summed E-state index contributed by atoms with van der Waals surface area (Å²) in [6.45, 7) is 3.68. The molecule has 1 unspecified atom stereocenters. The van der Waals surface area contributed by atoms with Crippen molar-refractivity contribution in [2.45, 2.75) is 25.7 Å². The molecule has 0 aliphatic carbocycles. The van der Waals surface area contributed by atoms with Crippen LogP contribution in [0, 0.1) is 6.92 Å². The van der Waals surface area contributed by atoms with Crippen molar-refractivity contribution in [2.24, 2.45) is 12.8 Å². The number of nitrogens with one attached hydrogen (secondary N) is 2. The van der Waals surface area contributed by atoms with Gasteiger partial charge in [-0.1, -0.05) is 23.8 Å². The van der Waals surface area contributed by atoms with Crippen LogP contribution in [0.3, 0.4) is 0 Å². The average Bonchev–Trinajstić information content (AvgIpc) is 3.48. The van der Waals surface area contributed by atoms with E-state index in [2.05, 4.69) is 61.5 Å². The van der Waals surface area contributed by atoms with Gasteiger partial charge in [0, 0.05) is 32.3 Å². The Labute approximate surface area is 197 Å². The summed E-state index contributed by atoms with van der Waals surface area (Å²) in [7, 11) is 1.81. The third-order valence-electron chi connectivity index (χ3n) is 6.02. The Hall–Kier alpha value is -4.21. The Bertz CT molecular complexity index is 1330. The molecule has 10 nitrogen and oxygen atoms in total. The highest BCUT2D eigenvalue weighted by molar-refractivity contribution is 5.96. The van der Waals surface area contributed by atoms with E-state index < -0.39 is 5.91 Å². The number of primary amides is 1. The number of amides is 1. The van der Waals surface area contributed by atoms with E-state index in [0.717, 1.165) is 43.0 Å². The molecular formula is C24H27N9O. The number of benzene rings is 1. The van der Waals surface area contributed by atoms with E-state index in [9.17, 15) is 4.79 Å². The lowest BCUT2D eigenvalue weighted by Crippen LogP contribution is -2.35. The number of nitrogens with two attached hydrogens (primary N) is 1. The number of hydrogen-bond donors (Lipinski definition) is 3. The van der Waals surface area contributed by atoms with Crippen molar-refractivity contribution in [3.63, 3.8) is 0 Å². The van der Waals surface area contributed by atoms with E-state index in [-0.39, 0.29) is 11.6 Å². The maximum atomic E-state index is 11.9. The number of imidazole rings is 1. The predicted octanol–water partition coefficient (Wildman–Crippen LogP) is 3.14. The molecule has 1 atom stereocenters. The van der Waals surface area contributed by atoms with Gasteiger partial charge < -0.3 is 20.9 Å². The smallest absolute Gasteiger partial charge is 0.271 e.